The van der Waals surface area contributed by atoms with Crippen molar-refractivity contribution in [2.24, 2.45) is 0 Å². The molecule has 0 aliphatic rings. The summed E-state index contributed by atoms with van der Waals surface area (Å²) in [6.07, 6.45) is 0.470. The average molecular weight is 209 g/mol. The van der Waals surface area contributed by atoms with Gasteiger partial charge in [0, 0.05) is 18.5 Å². The maximum atomic E-state index is 13.0. The molecule has 0 amide bonds. The molecule has 0 radical (unpaired) electrons. The molecule has 0 unspecified atom stereocenters. The summed E-state index contributed by atoms with van der Waals surface area (Å²) in [5.41, 5.74) is 1.11. The Hall–Kier alpha value is -1.22. The van der Waals surface area contributed by atoms with Gasteiger partial charge in [-0.25, -0.2) is 4.39 Å². The lowest BCUT2D eigenvalue weighted by molar-refractivity contribution is 0.0972. The highest BCUT2D eigenvalue weighted by Crippen LogP contribution is 2.11. The molecule has 1 aromatic carbocycles. The fourth-order valence-electron chi connectivity index (χ4n) is 1.29. The molecule has 0 atom stereocenters. The van der Waals surface area contributed by atoms with E-state index in [4.69, 9.17) is 0 Å². The fourth-order valence-corrected chi connectivity index (χ4v) is 1.29. The molecular formula is C12H16FNO. The number of hydrogen-bond donors (Lipinski definition) is 0. The van der Waals surface area contributed by atoms with Gasteiger partial charge in [0.05, 0.1) is 0 Å². The third-order valence-electron chi connectivity index (χ3n) is 2.27. The van der Waals surface area contributed by atoms with Crippen LogP contribution in [0.4, 0.5) is 4.39 Å². The first kappa shape index (κ1) is 11.9. The Morgan fingerprint density at radius 1 is 1.40 bits per heavy atom. The van der Waals surface area contributed by atoms with Crippen LogP contribution in [0.5, 0.6) is 0 Å². The van der Waals surface area contributed by atoms with Crippen LogP contribution in [0.25, 0.3) is 0 Å². The number of halogens is 1. The van der Waals surface area contributed by atoms with Gasteiger partial charge in [0.1, 0.15) is 5.82 Å². The smallest absolute Gasteiger partial charge is 0.164 e. The second kappa shape index (κ2) is 5.03. The zero-order valence-corrected chi connectivity index (χ0v) is 9.38. The Balaban J connectivity index is 2.70. The van der Waals surface area contributed by atoms with Crippen LogP contribution in [-0.4, -0.2) is 31.3 Å². The molecule has 0 aliphatic carbocycles. The molecule has 1 aromatic rings. The van der Waals surface area contributed by atoms with Crippen molar-refractivity contribution in [1.29, 1.82) is 0 Å². The maximum absolute atomic E-state index is 13.0. The molecule has 1 rings (SSSR count). The van der Waals surface area contributed by atoms with Gasteiger partial charge in [0.2, 0.25) is 0 Å². The van der Waals surface area contributed by atoms with Crippen molar-refractivity contribution in [3.05, 3.63) is 35.1 Å². The van der Waals surface area contributed by atoms with Crippen molar-refractivity contribution >= 4 is 5.78 Å². The van der Waals surface area contributed by atoms with Crippen LogP contribution in [0.3, 0.4) is 0 Å². The third kappa shape index (κ3) is 3.44. The van der Waals surface area contributed by atoms with Gasteiger partial charge in [-0.05, 0) is 44.8 Å². The van der Waals surface area contributed by atoms with Crippen molar-refractivity contribution in [2.45, 2.75) is 13.3 Å². The van der Waals surface area contributed by atoms with E-state index >= 15 is 0 Å². The van der Waals surface area contributed by atoms with E-state index in [1.807, 2.05) is 19.0 Å². The fraction of sp³-hybridized carbons (Fsp3) is 0.417. The monoisotopic (exact) mass is 209 g/mol. The van der Waals surface area contributed by atoms with Gasteiger partial charge in [-0.3, -0.25) is 4.79 Å². The van der Waals surface area contributed by atoms with E-state index in [1.165, 1.54) is 6.07 Å². The number of hydrogen-bond acceptors (Lipinski definition) is 2. The first-order chi connectivity index (χ1) is 7.00. The minimum atomic E-state index is -0.265. The predicted molar refractivity (Wildman–Crippen MR) is 58.6 cm³/mol. The Bertz CT molecular complexity index is 361. The molecule has 0 aliphatic heterocycles. The topological polar surface area (TPSA) is 20.3 Å². The normalized spacial score (nSPS) is 10.7. The lowest BCUT2D eigenvalue weighted by atomic mass is 10.1. The minimum absolute atomic E-state index is 0.0619. The highest BCUT2D eigenvalue weighted by Gasteiger charge is 2.07. The lowest BCUT2D eigenvalue weighted by Gasteiger charge is -2.08. The highest BCUT2D eigenvalue weighted by atomic mass is 19.1. The Kier molecular flexibility index (Phi) is 3.97. The number of benzene rings is 1. The zero-order valence-electron chi connectivity index (χ0n) is 9.38. The van der Waals surface area contributed by atoms with Gasteiger partial charge < -0.3 is 4.90 Å². The SMILES string of the molecule is Cc1cc(C(=O)CCN(C)C)ccc1F. The van der Waals surface area contributed by atoms with Crippen LogP contribution < -0.4 is 0 Å². The molecule has 0 saturated carbocycles. The summed E-state index contributed by atoms with van der Waals surface area (Å²) in [6.45, 7) is 2.38. The number of carbonyl (C=O) groups is 1. The summed E-state index contributed by atoms with van der Waals surface area (Å²) in [5, 5.41) is 0. The van der Waals surface area contributed by atoms with Crippen molar-refractivity contribution in [3.63, 3.8) is 0 Å². The van der Waals surface area contributed by atoms with Gasteiger partial charge in [0.25, 0.3) is 0 Å². The predicted octanol–water partition coefficient (Wildman–Crippen LogP) is 2.27. The molecule has 0 saturated heterocycles. The molecule has 3 heteroatoms. The Morgan fingerprint density at radius 2 is 2.07 bits per heavy atom. The summed E-state index contributed by atoms with van der Waals surface area (Å²) in [7, 11) is 3.84. The Labute approximate surface area is 89.7 Å². The van der Waals surface area contributed by atoms with Gasteiger partial charge in [0.15, 0.2) is 5.78 Å². The van der Waals surface area contributed by atoms with E-state index in [-0.39, 0.29) is 11.6 Å². The summed E-state index contributed by atoms with van der Waals surface area (Å²) in [6, 6.07) is 4.49. The summed E-state index contributed by atoms with van der Waals surface area (Å²) in [5.74, 6) is -0.203. The van der Waals surface area contributed by atoms with Crippen molar-refractivity contribution < 1.29 is 9.18 Å². The summed E-state index contributed by atoms with van der Waals surface area (Å²) in [4.78, 5) is 13.6. The van der Waals surface area contributed by atoms with Crippen LogP contribution in [-0.2, 0) is 0 Å². The largest absolute Gasteiger partial charge is 0.309 e. The van der Waals surface area contributed by atoms with E-state index in [9.17, 15) is 9.18 Å². The summed E-state index contributed by atoms with van der Waals surface area (Å²) < 4.78 is 13.0. The van der Waals surface area contributed by atoms with Gasteiger partial charge in [-0.1, -0.05) is 0 Å². The first-order valence-electron chi connectivity index (χ1n) is 4.95. The molecule has 2 nitrogen and oxygen atoms in total. The summed E-state index contributed by atoms with van der Waals surface area (Å²) >= 11 is 0. The molecular weight excluding hydrogens is 193 g/mol. The molecule has 15 heavy (non-hydrogen) atoms. The minimum Gasteiger partial charge on any atom is -0.309 e. The number of carbonyl (C=O) groups excluding carboxylic acids is 1. The van der Waals surface area contributed by atoms with E-state index in [0.717, 1.165) is 6.54 Å². The van der Waals surface area contributed by atoms with Gasteiger partial charge >= 0.3 is 0 Å². The van der Waals surface area contributed by atoms with Crippen molar-refractivity contribution in [3.8, 4) is 0 Å². The molecule has 0 aromatic heterocycles. The van der Waals surface area contributed by atoms with Gasteiger partial charge in [-0.15, -0.1) is 0 Å². The number of ketones is 1. The molecule has 0 bridgehead atoms. The second-order valence-electron chi connectivity index (χ2n) is 3.94. The van der Waals surface area contributed by atoms with Crippen molar-refractivity contribution in [2.75, 3.05) is 20.6 Å². The number of nitrogens with zero attached hydrogens (tertiary/aromatic N) is 1. The standard InChI is InChI=1S/C12H16FNO/c1-9-8-10(4-5-11(9)13)12(15)6-7-14(2)3/h4-5,8H,6-7H2,1-3H3. The first-order valence-corrected chi connectivity index (χ1v) is 4.95. The average Bonchev–Trinajstić information content (AvgIpc) is 2.18. The molecule has 0 spiro atoms. The molecule has 0 fully saturated rings. The van der Waals surface area contributed by atoms with Crippen LogP contribution in [0.15, 0.2) is 18.2 Å². The number of Topliss-reactive ketones (excluding diaryl/α,β-unsaturated/α-hetero) is 1. The van der Waals surface area contributed by atoms with E-state index in [0.29, 0.717) is 17.5 Å². The third-order valence-corrected chi connectivity index (χ3v) is 2.27. The maximum Gasteiger partial charge on any atom is 0.164 e. The van der Waals surface area contributed by atoms with Gasteiger partial charge in [-0.2, -0.15) is 0 Å². The quantitative estimate of drug-likeness (QED) is 0.709. The number of aryl methyl sites for hydroxylation is 1. The van der Waals surface area contributed by atoms with Crippen LogP contribution >= 0.6 is 0 Å². The van der Waals surface area contributed by atoms with E-state index in [2.05, 4.69) is 0 Å². The molecule has 0 heterocycles. The van der Waals surface area contributed by atoms with Crippen LogP contribution in [0.1, 0.15) is 22.3 Å². The molecule has 82 valence electrons. The highest BCUT2D eigenvalue weighted by molar-refractivity contribution is 5.96. The van der Waals surface area contributed by atoms with Crippen LogP contribution in [0.2, 0.25) is 0 Å². The van der Waals surface area contributed by atoms with E-state index < -0.39 is 0 Å². The second-order valence-corrected chi connectivity index (χ2v) is 3.94. The van der Waals surface area contributed by atoms with E-state index in [1.54, 1.807) is 19.1 Å². The Morgan fingerprint density at radius 3 is 2.60 bits per heavy atom. The lowest BCUT2D eigenvalue weighted by Crippen LogP contribution is -2.16. The van der Waals surface area contributed by atoms with Crippen LogP contribution in [0, 0.1) is 12.7 Å². The molecule has 0 N–H and O–H groups in total. The van der Waals surface area contributed by atoms with Crippen molar-refractivity contribution in [1.82, 2.24) is 4.90 Å². The number of rotatable bonds is 4. The zero-order chi connectivity index (χ0) is 11.4.